The molecule has 0 saturated carbocycles. The summed E-state index contributed by atoms with van der Waals surface area (Å²) in [5.74, 6) is 0.131. The molecule has 0 bridgehead atoms. The van der Waals surface area contributed by atoms with Crippen LogP contribution in [0.1, 0.15) is 28.0 Å². The van der Waals surface area contributed by atoms with Crippen molar-refractivity contribution in [3.8, 4) is 0 Å². The summed E-state index contributed by atoms with van der Waals surface area (Å²) in [4.78, 5) is 22.3. The number of nitrogens with one attached hydrogen (secondary N) is 1. The van der Waals surface area contributed by atoms with E-state index >= 15 is 0 Å². The van der Waals surface area contributed by atoms with Gasteiger partial charge in [-0.15, -0.1) is 24.8 Å². The zero-order chi connectivity index (χ0) is 17.4. The first-order chi connectivity index (χ1) is 12.1. The van der Waals surface area contributed by atoms with Gasteiger partial charge in [0, 0.05) is 50.7 Å². The Balaban J connectivity index is 0.00000131. The topological polar surface area (TPSA) is 48.5 Å². The van der Waals surface area contributed by atoms with Crippen molar-refractivity contribution >= 4 is 41.6 Å². The molecule has 2 saturated heterocycles. The molecule has 2 fully saturated rings. The van der Waals surface area contributed by atoms with Gasteiger partial charge in [-0.3, -0.25) is 14.7 Å². The van der Waals surface area contributed by atoms with Crippen molar-refractivity contribution < 1.29 is 4.79 Å². The van der Waals surface area contributed by atoms with Crippen molar-refractivity contribution in [2.24, 2.45) is 0 Å². The van der Waals surface area contributed by atoms with Crippen LogP contribution in [0, 0.1) is 13.8 Å². The summed E-state index contributed by atoms with van der Waals surface area (Å²) in [7, 11) is 0. The lowest BCUT2D eigenvalue weighted by atomic mass is 10.1. The number of aromatic nitrogens is 1. The zero-order valence-corrected chi connectivity index (χ0v) is 17.5. The maximum absolute atomic E-state index is 13.1. The molecule has 0 aliphatic carbocycles. The highest BCUT2D eigenvalue weighted by molar-refractivity contribution is 5.98. The van der Waals surface area contributed by atoms with Gasteiger partial charge >= 0.3 is 0 Å². The minimum absolute atomic E-state index is 0. The maximum Gasteiger partial charge on any atom is 0.255 e. The number of hydrogen-bond acceptors (Lipinski definition) is 4. The van der Waals surface area contributed by atoms with Crippen LogP contribution in [-0.2, 0) is 0 Å². The molecule has 7 heteroatoms. The first kappa shape index (κ1) is 21.9. The molecule has 1 atom stereocenters. The van der Waals surface area contributed by atoms with Gasteiger partial charge in [-0.05, 0) is 38.5 Å². The summed E-state index contributed by atoms with van der Waals surface area (Å²) >= 11 is 0. The number of halogens is 2. The second-order valence-corrected chi connectivity index (χ2v) is 7.30. The van der Waals surface area contributed by atoms with Crippen molar-refractivity contribution in [3.63, 3.8) is 0 Å². The summed E-state index contributed by atoms with van der Waals surface area (Å²) in [5.41, 5.74) is 3.72. The van der Waals surface area contributed by atoms with E-state index in [0.29, 0.717) is 6.04 Å². The molecule has 1 aromatic carbocycles. The standard InChI is InChI=1S/C20H26N4O.2ClH/c1-14-3-4-19-16(11-14)12-18(15(2)22-19)20(25)24-8-5-17(13-24)23-9-6-21-7-10-23;;/h3-4,11-12,17,21H,5-10,13H2,1-2H3;2*1H. The SMILES string of the molecule is Cc1ccc2nc(C)c(C(=O)N3CCC(N4CCNCC4)C3)cc2c1.Cl.Cl. The molecule has 1 amide bonds. The van der Waals surface area contributed by atoms with Crippen molar-refractivity contribution in [2.45, 2.75) is 26.3 Å². The van der Waals surface area contributed by atoms with Crippen molar-refractivity contribution in [2.75, 3.05) is 39.3 Å². The van der Waals surface area contributed by atoms with Crippen molar-refractivity contribution in [1.82, 2.24) is 20.1 Å². The normalized spacial score (nSPS) is 20.2. The predicted molar refractivity (Wildman–Crippen MR) is 114 cm³/mol. The van der Waals surface area contributed by atoms with Gasteiger partial charge in [0.2, 0.25) is 0 Å². The Labute approximate surface area is 173 Å². The molecule has 1 N–H and O–H groups in total. The molecular formula is C20H28Cl2N4O. The van der Waals surface area contributed by atoms with Crippen LogP contribution >= 0.6 is 24.8 Å². The summed E-state index contributed by atoms with van der Waals surface area (Å²) in [6, 6.07) is 8.72. The first-order valence-corrected chi connectivity index (χ1v) is 9.24. The fraction of sp³-hybridized carbons (Fsp3) is 0.500. The average Bonchev–Trinajstić information content (AvgIpc) is 3.12. The van der Waals surface area contributed by atoms with E-state index in [1.54, 1.807) is 0 Å². The number of amides is 1. The molecule has 2 aromatic rings. The Morgan fingerprint density at radius 1 is 1.11 bits per heavy atom. The third kappa shape index (κ3) is 4.54. The number of pyridine rings is 1. The highest BCUT2D eigenvalue weighted by Crippen LogP contribution is 2.23. The van der Waals surface area contributed by atoms with Crippen molar-refractivity contribution in [3.05, 3.63) is 41.1 Å². The van der Waals surface area contributed by atoms with E-state index in [0.717, 1.165) is 67.8 Å². The molecular weight excluding hydrogens is 383 g/mol. The highest BCUT2D eigenvalue weighted by atomic mass is 35.5. The van der Waals surface area contributed by atoms with Crippen LogP contribution in [0.2, 0.25) is 0 Å². The van der Waals surface area contributed by atoms with E-state index in [9.17, 15) is 4.79 Å². The highest BCUT2D eigenvalue weighted by Gasteiger charge is 2.32. The maximum atomic E-state index is 13.1. The molecule has 3 heterocycles. The quantitative estimate of drug-likeness (QED) is 0.826. The molecule has 1 unspecified atom stereocenters. The number of hydrogen-bond donors (Lipinski definition) is 1. The van der Waals surface area contributed by atoms with E-state index in [1.165, 1.54) is 5.56 Å². The first-order valence-electron chi connectivity index (χ1n) is 9.24. The molecule has 2 aliphatic heterocycles. The van der Waals surface area contributed by atoms with E-state index in [2.05, 4.69) is 34.3 Å². The number of piperazine rings is 1. The molecule has 148 valence electrons. The number of likely N-dealkylation sites (tertiary alicyclic amines) is 1. The van der Waals surface area contributed by atoms with Crippen LogP contribution in [0.3, 0.4) is 0 Å². The monoisotopic (exact) mass is 410 g/mol. The lowest BCUT2D eigenvalue weighted by Gasteiger charge is -2.32. The van der Waals surface area contributed by atoms with E-state index in [1.807, 2.05) is 24.0 Å². The van der Waals surface area contributed by atoms with Gasteiger partial charge in [0.25, 0.3) is 5.91 Å². The number of rotatable bonds is 2. The van der Waals surface area contributed by atoms with Gasteiger partial charge in [0.1, 0.15) is 0 Å². The molecule has 27 heavy (non-hydrogen) atoms. The minimum Gasteiger partial charge on any atom is -0.337 e. The molecule has 4 rings (SSSR count). The van der Waals surface area contributed by atoms with Crippen LogP contribution in [0.4, 0.5) is 0 Å². The van der Waals surface area contributed by atoms with Crippen LogP contribution in [0.25, 0.3) is 10.9 Å². The van der Waals surface area contributed by atoms with Gasteiger partial charge in [-0.25, -0.2) is 0 Å². The molecule has 1 aromatic heterocycles. The second-order valence-electron chi connectivity index (χ2n) is 7.30. The Morgan fingerprint density at radius 3 is 2.59 bits per heavy atom. The van der Waals surface area contributed by atoms with Crippen LogP contribution in [0.5, 0.6) is 0 Å². The van der Waals surface area contributed by atoms with E-state index < -0.39 is 0 Å². The minimum atomic E-state index is 0. The van der Waals surface area contributed by atoms with Gasteiger partial charge in [-0.2, -0.15) is 0 Å². The second kappa shape index (κ2) is 9.20. The molecule has 0 radical (unpaired) electrons. The summed E-state index contributed by atoms with van der Waals surface area (Å²) in [6.45, 7) is 9.97. The summed E-state index contributed by atoms with van der Waals surface area (Å²) in [5, 5.41) is 4.44. The number of fused-ring (bicyclic) bond motifs is 1. The van der Waals surface area contributed by atoms with Crippen LogP contribution in [-0.4, -0.2) is 66.0 Å². The van der Waals surface area contributed by atoms with Crippen LogP contribution in [0.15, 0.2) is 24.3 Å². The number of benzene rings is 1. The Kier molecular flexibility index (Phi) is 7.46. The van der Waals surface area contributed by atoms with E-state index in [4.69, 9.17) is 0 Å². The molecule has 0 spiro atoms. The largest absolute Gasteiger partial charge is 0.337 e. The number of aryl methyl sites for hydroxylation is 2. The Hall–Kier alpha value is -1.40. The fourth-order valence-electron chi connectivity index (χ4n) is 4.05. The lowest BCUT2D eigenvalue weighted by molar-refractivity contribution is 0.0772. The van der Waals surface area contributed by atoms with Crippen LogP contribution < -0.4 is 5.32 Å². The Bertz CT molecular complexity index is 808. The fourth-order valence-corrected chi connectivity index (χ4v) is 4.05. The number of nitrogens with zero attached hydrogens (tertiary/aromatic N) is 3. The van der Waals surface area contributed by atoms with Gasteiger partial charge in [-0.1, -0.05) is 11.6 Å². The van der Waals surface area contributed by atoms with E-state index in [-0.39, 0.29) is 30.7 Å². The third-order valence-electron chi connectivity index (χ3n) is 5.51. The van der Waals surface area contributed by atoms with Gasteiger partial charge in [0.15, 0.2) is 0 Å². The molecule has 5 nitrogen and oxygen atoms in total. The predicted octanol–water partition coefficient (Wildman–Crippen LogP) is 2.81. The lowest BCUT2D eigenvalue weighted by Crippen LogP contribution is -2.49. The summed E-state index contributed by atoms with van der Waals surface area (Å²) < 4.78 is 0. The zero-order valence-electron chi connectivity index (χ0n) is 15.9. The third-order valence-corrected chi connectivity index (χ3v) is 5.51. The smallest absolute Gasteiger partial charge is 0.255 e. The van der Waals surface area contributed by atoms with Crippen molar-refractivity contribution in [1.29, 1.82) is 0 Å². The number of carbonyl (C=O) groups excluding carboxylic acids is 1. The number of carbonyl (C=O) groups is 1. The molecule has 2 aliphatic rings. The average molecular weight is 411 g/mol. The van der Waals surface area contributed by atoms with Gasteiger partial charge in [0.05, 0.1) is 16.8 Å². The Morgan fingerprint density at radius 2 is 1.85 bits per heavy atom. The van der Waals surface area contributed by atoms with Gasteiger partial charge < -0.3 is 10.2 Å². The summed E-state index contributed by atoms with van der Waals surface area (Å²) in [6.07, 6.45) is 1.07.